The Hall–Kier alpha value is 0.460. The van der Waals surface area contributed by atoms with Crippen LogP contribution in [-0.4, -0.2) is 5.29 Å². The molecule has 0 aliphatic carbocycles. The fraction of sp³-hybridized carbons (Fsp3) is 0.667. The van der Waals surface area contributed by atoms with E-state index in [0.717, 1.165) is 7.56 Å². The van der Waals surface area contributed by atoms with Gasteiger partial charge in [0, 0.05) is 7.56 Å². The van der Waals surface area contributed by atoms with E-state index in [1.54, 1.807) is 0 Å². The summed E-state index contributed by atoms with van der Waals surface area (Å²) < 4.78 is 0. The summed E-state index contributed by atoms with van der Waals surface area (Å²) in [5.74, 6) is 0. The third-order valence-corrected chi connectivity index (χ3v) is 1.52. The van der Waals surface area contributed by atoms with Gasteiger partial charge in [-0.3, -0.25) is 0 Å². The standard InChI is InChI=1S/C3H6ClP/c1-3(2)5-4/h1-2H3. The molecule has 0 bridgehead atoms. The third kappa shape index (κ3) is 4.46. The van der Waals surface area contributed by atoms with Crippen LogP contribution in [0.2, 0.25) is 0 Å². The van der Waals surface area contributed by atoms with Crippen molar-refractivity contribution in [3.63, 3.8) is 0 Å². The maximum atomic E-state index is 5.27. The van der Waals surface area contributed by atoms with Crippen LogP contribution < -0.4 is 0 Å². The van der Waals surface area contributed by atoms with Gasteiger partial charge in [0.25, 0.3) is 0 Å². The zero-order valence-corrected chi connectivity index (χ0v) is 4.98. The Morgan fingerprint density at radius 1 is 1.60 bits per heavy atom. The molecular weight excluding hydrogens is 102 g/mol. The van der Waals surface area contributed by atoms with E-state index in [1.807, 2.05) is 13.8 Å². The second-order valence-corrected chi connectivity index (χ2v) is 2.60. The Kier molecular flexibility index (Phi) is 2.93. The van der Waals surface area contributed by atoms with Gasteiger partial charge >= 0.3 is 0 Å². The minimum absolute atomic E-state index is 0.886. The Bertz CT molecular complexity index is 44.9. The molecule has 0 aromatic heterocycles. The van der Waals surface area contributed by atoms with Crippen LogP contribution in [-0.2, 0) is 0 Å². The molecule has 0 atom stereocenters. The molecule has 0 rings (SSSR count). The van der Waals surface area contributed by atoms with E-state index < -0.39 is 0 Å². The molecule has 0 radical (unpaired) electrons. The number of hydrogen-bond donors (Lipinski definition) is 0. The third-order valence-electron chi connectivity index (χ3n) is 0.169. The van der Waals surface area contributed by atoms with Crippen LogP contribution >= 0.6 is 18.8 Å². The van der Waals surface area contributed by atoms with Crippen LogP contribution in [0.4, 0.5) is 0 Å². The van der Waals surface area contributed by atoms with Gasteiger partial charge in [-0.2, -0.15) is 0 Å². The molecule has 0 nitrogen and oxygen atoms in total. The predicted molar refractivity (Wildman–Crippen MR) is 29.1 cm³/mol. The van der Waals surface area contributed by atoms with Crippen LogP contribution in [0, 0.1) is 0 Å². The summed E-state index contributed by atoms with van der Waals surface area (Å²) in [6.07, 6.45) is 0. The van der Waals surface area contributed by atoms with Gasteiger partial charge < -0.3 is 0 Å². The number of halogens is 1. The molecule has 0 fully saturated rings. The zero-order chi connectivity index (χ0) is 4.28. The molecule has 0 aromatic rings. The summed E-state index contributed by atoms with van der Waals surface area (Å²) in [5, 5.41) is 1.24. The van der Waals surface area contributed by atoms with E-state index in [1.165, 1.54) is 5.29 Å². The highest BCUT2D eigenvalue weighted by Crippen LogP contribution is 2.02. The minimum Gasteiger partial charge on any atom is -0.0573 e. The van der Waals surface area contributed by atoms with E-state index in [-0.39, 0.29) is 0 Å². The molecule has 0 spiro atoms. The Labute approximate surface area is 38.7 Å². The highest BCUT2D eigenvalue weighted by molar-refractivity contribution is 7.68. The van der Waals surface area contributed by atoms with E-state index in [9.17, 15) is 0 Å². The van der Waals surface area contributed by atoms with E-state index in [0.29, 0.717) is 0 Å². The van der Waals surface area contributed by atoms with Crippen molar-refractivity contribution in [3.05, 3.63) is 0 Å². The van der Waals surface area contributed by atoms with Crippen LogP contribution in [0.25, 0.3) is 0 Å². The van der Waals surface area contributed by atoms with Gasteiger partial charge in [-0.25, -0.2) is 0 Å². The van der Waals surface area contributed by atoms with Gasteiger partial charge in [0.05, 0.1) is 0 Å². The van der Waals surface area contributed by atoms with Gasteiger partial charge in [-0.05, 0) is 19.1 Å². The predicted octanol–water partition coefficient (Wildman–Crippen LogP) is 2.30. The lowest BCUT2D eigenvalue weighted by molar-refractivity contribution is 1.85. The molecule has 0 unspecified atom stereocenters. The molecule has 0 aliphatic heterocycles. The largest absolute Gasteiger partial charge is 0.0573 e. The van der Waals surface area contributed by atoms with Crippen molar-refractivity contribution in [1.82, 2.24) is 0 Å². The average molecular weight is 109 g/mol. The Balaban J connectivity index is 3.14. The molecule has 5 heavy (non-hydrogen) atoms. The summed E-state index contributed by atoms with van der Waals surface area (Å²) in [6, 6.07) is 0. The SMILES string of the molecule is CC(C)=PCl. The van der Waals surface area contributed by atoms with Crippen molar-refractivity contribution in [1.29, 1.82) is 0 Å². The molecule has 0 N–H and O–H groups in total. The van der Waals surface area contributed by atoms with Gasteiger partial charge in [0.1, 0.15) is 0 Å². The maximum Gasteiger partial charge on any atom is 0.00409 e. The second-order valence-electron chi connectivity index (χ2n) is 1.03. The number of rotatable bonds is 0. The van der Waals surface area contributed by atoms with Crippen LogP contribution in [0.5, 0.6) is 0 Å². The summed E-state index contributed by atoms with van der Waals surface area (Å²) in [4.78, 5) is 0. The molecule has 30 valence electrons. The highest BCUT2D eigenvalue weighted by atomic mass is 35.7. The maximum absolute atomic E-state index is 5.27. The first-order valence-electron chi connectivity index (χ1n) is 1.39. The van der Waals surface area contributed by atoms with Crippen molar-refractivity contribution in [3.8, 4) is 0 Å². The summed E-state index contributed by atoms with van der Waals surface area (Å²) in [7, 11) is 0.886. The van der Waals surface area contributed by atoms with Gasteiger partial charge in [-0.15, -0.1) is 0 Å². The molecule has 0 saturated heterocycles. The van der Waals surface area contributed by atoms with Gasteiger partial charge in [-0.1, -0.05) is 11.2 Å². The zero-order valence-electron chi connectivity index (χ0n) is 3.33. The molecule has 0 heterocycles. The normalized spacial score (nSPS) is 8.60. The van der Waals surface area contributed by atoms with Crippen molar-refractivity contribution in [2.75, 3.05) is 0 Å². The van der Waals surface area contributed by atoms with Crippen LogP contribution in [0.1, 0.15) is 13.8 Å². The van der Waals surface area contributed by atoms with E-state index in [4.69, 9.17) is 11.2 Å². The van der Waals surface area contributed by atoms with Crippen molar-refractivity contribution >= 4 is 24.1 Å². The lowest BCUT2D eigenvalue weighted by atomic mass is 10.6. The summed E-state index contributed by atoms with van der Waals surface area (Å²) in [6.45, 7) is 3.99. The lowest BCUT2D eigenvalue weighted by Gasteiger charge is -1.70. The van der Waals surface area contributed by atoms with Gasteiger partial charge in [0.15, 0.2) is 0 Å². The van der Waals surface area contributed by atoms with Crippen LogP contribution in [0.3, 0.4) is 0 Å². The summed E-state index contributed by atoms with van der Waals surface area (Å²) >= 11 is 5.27. The van der Waals surface area contributed by atoms with Gasteiger partial charge in [0.2, 0.25) is 0 Å². The molecule has 2 heteroatoms. The van der Waals surface area contributed by atoms with Crippen molar-refractivity contribution in [2.24, 2.45) is 0 Å². The fourth-order valence-electron chi connectivity index (χ4n) is 0. The molecule has 0 aromatic carbocycles. The minimum atomic E-state index is 0.886. The topological polar surface area (TPSA) is 0 Å². The second kappa shape index (κ2) is 2.68. The molecule has 0 saturated carbocycles. The average Bonchev–Trinajstić information content (AvgIpc) is 1.38. The van der Waals surface area contributed by atoms with Crippen molar-refractivity contribution in [2.45, 2.75) is 13.8 Å². The Morgan fingerprint density at radius 3 is 1.80 bits per heavy atom. The Morgan fingerprint density at radius 2 is 1.80 bits per heavy atom. The summed E-state index contributed by atoms with van der Waals surface area (Å²) in [5.41, 5.74) is 0. The van der Waals surface area contributed by atoms with Crippen molar-refractivity contribution < 1.29 is 0 Å². The molecular formula is C3H6ClP. The highest BCUT2D eigenvalue weighted by Gasteiger charge is 1.64. The first-order chi connectivity index (χ1) is 2.27. The first kappa shape index (κ1) is 5.46. The first-order valence-corrected chi connectivity index (χ1v) is 3.19. The number of hydrogen-bond acceptors (Lipinski definition) is 0. The molecule has 0 aliphatic rings. The van der Waals surface area contributed by atoms with Crippen LogP contribution in [0.15, 0.2) is 0 Å². The fourth-order valence-corrected chi connectivity index (χ4v) is 0. The quantitative estimate of drug-likeness (QED) is 0.418. The van der Waals surface area contributed by atoms with E-state index >= 15 is 0 Å². The smallest absolute Gasteiger partial charge is 0.00409 e. The molecule has 0 amide bonds. The lowest BCUT2D eigenvalue weighted by Crippen LogP contribution is -1.64. The monoisotopic (exact) mass is 108 g/mol. The van der Waals surface area contributed by atoms with E-state index in [2.05, 4.69) is 0 Å².